The third-order valence-electron chi connectivity index (χ3n) is 2.75. The molecule has 2 aromatic rings. The third kappa shape index (κ3) is 3.50. The maximum Gasteiger partial charge on any atom is 0.161 e. The minimum Gasteiger partial charge on any atom is -0.370 e. The molecule has 0 atom stereocenters. The second kappa shape index (κ2) is 6.27. The van der Waals surface area contributed by atoms with Gasteiger partial charge in [0.2, 0.25) is 0 Å². The van der Waals surface area contributed by atoms with Gasteiger partial charge in [0, 0.05) is 23.9 Å². The number of halogens is 1. The van der Waals surface area contributed by atoms with Gasteiger partial charge in [-0.2, -0.15) is 0 Å². The first-order valence-electron chi connectivity index (χ1n) is 6.60. The Labute approximate surface area is 112 Å². The highest BCUT2D eigenvalue weighted by Crippen LogP contribution is 2.19. The van der Waals surface area contributed by atoms with Gasteiger partial charge in [-0.25, -0.2) is 14.4 Å². The number of nitrogens with one attached hydrogen (secondary N) is 1. The highest BCUT2D eigenvalue weighted by Gasteiger charge is 2.06. The van der Waals surface area contributed by atoms with E-state index in [1.165, 1.54) is 12.1 Å². The van der Waals surface area contributed by atoms with Crippen LogP contribution in [0.25, 0.3) is 11.4 Å². The molecule has 3 nitrogen and oxygen atoms in total. The first kappa shape index (κ1) is 13.5. The lowest BCUT2D eigenvalue weighted by atomic mass is 10.2. The smallest absolute Gasteiger partial charge is 0.161 e. The topological polar surface area (TPSA) is 37.8 Å². The van der Waals surface area contributed by atoms with E-state index >= 15 is 0 Å². The quantitative estimate of drug-likeness (QED) is 0.890. The van der Waals surface area contributed by atoms with Crippen LogP contribution in [0.2, 0.25) is 0 Å². The minimum absolute atomic E-state index is 0.250. The molecule has 0 aliphatic rings. The van der Waals surface area contributed by atoms with Crippen LogP contribution in [0.15, 0.2) is 30.3 Å². The molecule has 100 valence electrons. The second-order valence-corrected chi connectivity index (χ2v) is 4.36. The van der Waals surface area contributed by atoms with Gasteiger partial charge >= 0.3 is 0 Å². The summed E-state index contributed by atoms with van der Waals surface area (Å²) in [5, 5.41) is 3.20. The molecule has 0 spiro atoms. The van der Waals surface area contributed by atoms with E-state index in [4.69, 9.17) is 0 Å². The van der Waals surface area contributed by atoms with Gasteiger partial charge in [0.15, 0.2) is 5.82 Å². The van der Waals surface area contributed by atoms with Crippen molar-refractivity contribution in [1.82, 2.24) is 9.97 Å². The van der Waals surface area contributed by atoms with Crippen molar-refractivity contribution in [2.45, 2.75) is 26.7 Å². The summed E-state index contributed by atoms with van der Waals surface area (Å²) in [6.45, 7) is 4.96. The molecule has 4 heteroatoms. The summed E-state index contributed by atoms with van der Waals surface area (Å²) >= 11 is 0. The Bertz CT molecular complexity index is 513. The number of hydrogen-bond donors (Lipinski definition) is 1. The summed E-state index contributed by atoms with van der Waals surface area (Å²) in [4.78, 5) is 8.99. The molecule has 1 aromatic carbocycles. The van der Waals surface area contributed by atoms with E-state index in [0.29, 0.717) is 5.82 Å². The van der Waals surface area contributed by atoms with Crippen molar-refractivity contribution >= 4 is 5.82 Å². The molecule has 0 amide bonds. The van der Waals surface area contributed by atoms with Crippen molar-refractivity contribution < 1.29 is 4.39 Å². The SMILES string of the molecule is CCCc1cc(NCC)nc(-c2ccc(F)cc2)n1. The monoisotopic (exact) mass is 259 g/mol. The number of rotatable bonds is 5. The highest BCUT2D eigenvalue weighted by molar-refractivity contribution is 5.57. The maximum absolute atomic E-state index is 12.9. The van der Waals surface area contributed by atoms with Crippen molar-refractivity contribution in [3.05, 3.63) is 41.8 Å². The fraction of sp³-hybridized carbons (Fsp3) is 0.333. The van der Waals surface area contributed by atoms with Crippen molar-refractivity contribution in [3.63, 3.8) is 0 Å². The summed E-state index contributed by atoms with van der Waals surface area (Å²) < 4.78 is 12.9. The molecule has 1 heterocycles. The van der Waals surface area contributed by atoms with Crippen LogP contribution in [0.4, 0.5) is 10.2 Å². The van der Waals surface area contributed by atoms with E-state index in [-0.39, 0.29) is 5.82 Å². The van der Waals surface area contributed by atoms with E-state index in [1.807, 2.05) is 13.0 Å². The van der Waals surface area contributed by atoms with E-state index in [1.54, 1.807) is 12.1 Å². The molecule has 0 unspecified atom stereocenters. The zero-order valence-electron chi connectivity index (χ0n) is 11.3. The molecule has 1 aromatic heterocycles. The van der Waals surface area contributed by atoms with Crippen LogP contribution in [0.1, 0.15) is 26.0 Å². The summed E-state index contributed by atoms with van der Waals surface area (Å²) in [6, 6.07) is 8.24. The second-order valence-electron chi connectivity index (χ2n) is 4.36. The predicted octanol–water partition coefficient (Wildman–Crippen LogP) is 3.67. The summed E-state index contributed by atoms with van der Waals surface area (Å²) in [5.41, 5.74) is 1.84. The fourth-order valence-corrected chi connectivity index (χ4v) is 1.88. The summed E-state index contributed by atoms with van der Waals surface area (Å²) in [7, 11) is 0. The Balaban J connectivity index is 2.40. The van der Waals surface area contributed by atoms with Gasteiger partial charge in [-0.15, -0.1) is 0 Å². The first-order chi connectivity index (χ1) is 9.22. The number of benzene rings is 1. The molecule has 2 rings (SSSR count). The molecule has 19 heavy (non-hydrogen) atoms. The third-order valence-corrected chi connectivity index (χ3v) is 2.75. The van der Waals surface area contributed by atoms with Crippen LogP contribution in [0.5, 0.6) is 0 Å². The fourth-order valence-electron chi connectivity index (χ4n) is 1.88. The zero-order valence-corrected chi connectivity index (χ0v) is 11.3. The zero-order chi connectivity index (χ0) is 13.7. The predicted molar refractivity (Wildman–Crippen MR) is 75.6 cm³/mol. The Morgan fingerprint density at radius 2 is 1.84 bits per heavy atom. The van der Waals surface area contributed by atoms with Gasteiger partial charge in [-0.1, -0.05) is 13.3 Å². The van der Waals surface area contributed by atoms with Crippen molar-refractivity contribution in [1.29, 1.82) is 0 Å². The lowest BCUT2D eigenvalue weighted by Crippen LogP contribution is -2.04. The molecule has 0 saturated carbocycles. The molecular weight excluding hydrogens is 241 g/mol. The number of nitrogens with zero attached hydrogens (tertiary/aromatic N) is 2. The average molecular weight is 259 g/mol. The molecule has 0 aliphatic carbocycles. The van der Waals surface area contributed by atoms with Crippen molar-refractivity contribution in [2.75, 3.05) is 11.9 Å². The Morgan fingerprint density at radius 1 is 1.11 bits per heavy atom. The highest BCUT2D eigenvalue weighted by atomic mass is 19.1. The van der Waals surface area contributed by atoms with Crippen LogP contribution >= 0.6 is 0 Å². The number of anilines is 1. The van der Waals surface area contributed by atoms with Gasteiger partial charge < -0.3 is 5.32 Å². The van der Waals surface area contributed by atoms with Crippen LogP contribution in [0.3, 0.4) is 0 Å². The lowest BCUT2D eigenvalue weighted by molar-refractivity contribution is 0.628. The summed E-state index contributed by atoms with van der Waals surface area (Å²) in [5.74, 6) is 1.21. The van der Waals surface area contributed by atoms with Crippen molar-refractivity contribution in [3.8, 4) is 11.4 Å². The maximum atomic E-state index is 12.9. The van der Waals surface area contributed by atoms with Gasteiger partial charge in [0.25, 0.3) is 0 Å². The largest absolute Gasteiger partial charge is 0.370 e. The average Bonchev–Trinajstić information content (AvgIpc) is 2.40. The Kier molecular flexibility index (Phi) is 4.44. The molecule has 0 radical (unpaired) electrons. The molecule has 0 fully saturated rings. The first-order valence-corrected chi connectivity index (χ1v) is 6.60. The van der Waals surface area contributed by atoms with E-state index in [9.17, 15) is 4.39 Å². The van der Waals surface area contributed by atoms with Gasteiger partial charge in [-0.3, -0.25) is 0 Å². The van der Waals surface area contributed by atoms with Crippen LogP contribution < -0.4 is 5.32 Å². The van der Waals surface area contributed by atoms with E-state index < -0.39 is 0 Å². The van der Waals surface area contributed by atoms with Crippen LogP contribution in [-0.2, 0) is 6.42 Å². The molecule has 0 bridgehead atoms. The van der Waals surface area contributed by atoms with E-state index in [2.05, 4.69) is 22.2 Å². The number of hydrogen-bond acceptors (Lipinski definition) is 3. The molecular formula is C15H18FN3. The van der Waals surface area contributed by atoms with Crippen molar-refractivity contribution in [2.24, 2.45) is 0 Å². The molecule has 0 aliphatic heterocycles. The minimum atomic E-state index is -0.250. The molecule has 1 N–H and O–H groups in total. The standard InChI is InChI=1S/C15H18FN3/c1-3-5-13-10-14(17-4-2)19-15(18-13)11-6-8-12(16)9-7-11/h6-10H,3-5H2,1-2H3,(H,17,18,19). The van der Waals surface area contributed by atoms with Gasteiger partial charge in [0.1, 0.15) is 11.6 Å². The van der Waals surface area contributed by atoms with Gasteiger partial charge in [-0.05, 0) is 37.6 Å². The molecule has 0 saturated heterocycles. The Hall–Kier alpha value is -1.97. The summed E-state index contributed by atoms with van der Waals surface area (Å²) in [6.07, 6.45) is 1.94. The van der Waals surface area contributed by atoms with Gasteiger partial charge in [0.05, 0.1) is 0 Å². The van der Waals surface area contributed by atoms with Crippen LogP contribution in [-0.4, -0.2) is 16.5 Å². The van der Waals surface area contributed by atoms with E-state index in [0.717, 1.165) is 36.5 Å². The van der Waals surface area contributed by atoms with Crippen LogP contribution in [0, 0.1) is 5.82 Å². The number of aryl methyl sites for hydroxylation is 1. The lowest BCUT2D eigenvalue weighted by Gasteiger charge is -2.08. The normalized spacial score (nSPS) is 10.5. The Morgan fingerprint density at radius 3 is 2.47 bits per heavy atom. The number of aromatic nitrogens is 2.